The van der Waals surface area contributed by atoms with E-state index in [4.69, 9.17) is 4.74 Å². The molecule has 0 saturated carbocycles. The summed E-state index contributed by atoms with van der Waals surface area (Å²) in [6, 6.07) is 11.0. The Labute approximate surface area is 138 Å². The zero-order chi connectivity index (χ0) is 16.8. The normalized spacial score (nSPS) is 10.4. The number of nitrogens with one attached hydrogen (secondary N) is 1. The van der Waals surface area contributed by atoms with Crippen molar-refractivity contribution in [3.63, 3.8) is 0 Å². The molecule has 3 rings (SSSR count). The van der Waals surface area contributed by atoms with Crippen LogP contribution in [-0.2, 0) is 6.42 Å². The van der Waals surface area contributed by atoms with Crippen LogP contribution in [0.1, 0.15) is 16.1 Å². The number of amides is 1. The van der Waals surface area contributed by atoms with E-state index in [2.05, 4.69) is 25.6 Å². The molecule has 3 aromatic rings. The molecule has 0 saturated heterocycles. The first kappa shape index (κ1) is 15.6. The quantitative estimate of drug-likeness (QED) is 0.728. The van der Waals surface area contributed by atoms with Gasteiger partial charge in [-0.25, -0.2) is 9.67 Å². The van der Waals surface area contributed by atoms with Gasteiger partial charge in [0, 0.05) is 6.54 Å². The molecule has 1 aromatic carbocycles. The van der Waals surface area contributed by atoms with Gasteiger partial charge in [0.25, 0.3) is 5.91 Å². The van der Waals surface area contributed by atoms with Crippen molar-refractivity contribution in [1.29, 1.82) is 0 Å². The Morgan fingerprint density at radius 1 is 1.17 bits per heavy atom. The van der Waals surface area contributed by atoms with Crippen LogP contribution in [-0.4, -0.2) is 44.5 Å². The highest BCUT2D eigenvalue weighted by Crippen LogP contribution is 2.11. The first-order chi connectivity index (χ1) is 11.8. The van der Waals surface area contributed by atoms with Crippen molar-refractivity contribution < 1.29 is 9.53 Å². The summed E-state index contributed by atoms with van der Waals surface area (Å²) < 4.78 is 6.58. The number of hydrogen-bond acceptors (Lipinski definition) is 6. The molecule has 2 heterocycles. The van der Waals surface area contributed by atoms with Gasteiger partial charge in [-0.05, 0) is 36.2 Å². The summed E-state index contributed by atoms with van der Waals surface area (Å²) in [6.45, 7) is 0.512. The standard InChI is InChI=1S/C16H16N6O2/c1-24-13-4-2-12(3-5-13)8-9-18-16(23)14-6-7-15(21-20-14)22-11-17-10-19-22/h2-7,10-11H,8-9H2,1H3,(H,18,23). The van der Waals surface area contributed by atoms with E-state index in [0.717, 1.165) is 17.7 Å². The van der Waals surface area contributed by atoms with E-state index in [-0.39, 0.29) is 11.6 Å². The number of carbonyl (C=O) groups is 1. The van der Waals surface area contributed by atoms with E-state index in [9.17, 15) is 4.79 Å². The average molecular weight is 324 g/mol. The van der Waals surface area contributed by atoms with Crippen LogP contribution >= 0.6 is 0 Å². The predicted molar refractivity (Wildman–Crippen MR) is 86.0 cm³/mol. The van der Waals surface area contributed by atoms with Gasteiger partial charge in [0.05, 0.1) is 7.11 Å². The van der Waals surface area contributed by atoms with Crippen LogP contribution in [0.25, 0.3) is 5.82 Å². The van der Waals surface area contributed by atoms with E-state index < -0.39 is 0 Å². The fourth-order valence-electron chi connectivity index (χ4n) is 2.10. The first-order valence-corrected chi connectivity index (χ1v) is 7.36. The number of hydrogen-bond donors (Lipinski definition) is 1. The highest BCUT2D eigenvalue weighted by atomic mass is 16.5. The maximum absolute atomic E-state index is 12.1. The molecule has 0 bridgehead atoms. The molecule has 0 unspecified atom stereocenters. The van der Waals surface area contributed by atoms with Gasteiger partial charge in [-0.15, -0.1) is 10.2 Å². The summed E-state index contributed by atoms with van der Waals surface area (Å²) in [5.41, 5.74) is 1.37. The van der Waals surface area contributed by atoms with Crippen molar-refractivity contribution in [2.24, 2.45) is 0 Å². The number of carbonyl (C=O) groups excluding carboxylic acids is 1. The number of rotatable bonds is 6. The van der Waals surface area contributed by atoms with Crippen LogP contribution < -0.4 is 10.1 Å². The molecule has 122 valence electrons. The summed E-state index contributed by atoms with van der Waals surface area (Å²) in [5.74, 6) is 1.05. The average Bonchev–Trinajstić information content (AvgIpc) is 3.17. The Balaban J connectivity index is 1.53. The van der Waals surface area contributed by atoms with Gasteiger partial charge in [-0.3, -0.25) is 4.79 Å². The Bertz CT molecular complexity index is 784. The highest BCUT2D eigenvalue weighted by molar-refractivity contribution is 5.92. The van der Waals surface area contributed by atoms with Crippen LogP contribution in [0.5, 0.6) is 5.75 Å². The second-order valence-corrected chi connectivity index (χ2v) is 4.97. The smallest absolute Gasteiger partial charge is 0.271 e. The van der Waals surface area contributed by atoms with Gasteiger partial charge in [0.1, 0.15) is 18.4 Å². The van der Waals surface area contributed by atoms with Crippen molar-refractivity contribution >= 4 is 5.91 Å². The number of aromatic nitrogens is 5. The van der Waals surface area contributed by atoms with E-state index in [1.807, 2.05) is 24.3 Å². The molecule has 0 aliphatic heterocycles. The third-order valence-electron chi connectivity index (χ3n) is 3.39. The lowest BCUT2D eigenvalue weighted by molar-refractivity contribution is 0.0948. The van der Waals surface area contributed by atoms with Crippen LogP contribution in [0.4, 0.5) is 0 Å². The zero-order valence-corrected chi connectivity index (χ0v) is 13.1. The Morgan fingerprint density at radius 2 is 2.00 bits per heavy atom. The molecule has 0 fully saturated rings. The van der Waals surface area contributed by atoms with E-state index >= 15 is 0 Å². The molecule has 8 nitrogen and oxygen atoms in total. The van der Waals surface area contributed by atoms with Gasteiger partial charge >= 0.3 is 0 Å². The van der Waals surface area contributed by atoms with E-state index in [1.165, 1.54) is 17.3 Å². The second-order valence-electron chi connectivity index (χ2n) is 4.97. The topological polar surface area (TPSA) is 94.8 Å². The number of ether oxygens (including phenoxy) is 1. The first-order valence-electron chi connectivity index (χ1n) is 7.36. The van der Waals surface area contributed by atoms with Gasteiger partial charge in [0.2, 0.25) is 0 Å². The summed E-state index contributed by atoms with van der Waals surface area (Å²) in [7, 11) is 1.63. The highest BCUT2D eigenvalue weighted by Gasteiger charge is 2.08. The molecule has 1 N–H and O–H groups in total. The molecule has 2 aromatic heterocycles. The number of benzene rings is 1. The van der Waals surface area contributed by atoms with Crippen molar-refractivity contribution in [2.45, 2.75) is 6.42 Å². The summed E-state index contributed by atoms with van der Waals surface area (Å²) >= 11 is 0. The largest absolute Gasteiger partial charge is 0.497 e. The molecular formula is C16H16N6O2. The molecule has 0 radical (unpaired) electrons. The molecule has 1 amide bonds. The van der Waals surface area contributed by atoms with Gasteiger partial charge in [-0.1, -0.05) is 12.1 Å². The van der Waals surface area contributed by atoms with Crippen molar-refractivity contribution in [1.82, 2.24) is 30.3 Å². The molecule has 0 atom stereocenters. The Hall–Kier alpha value is -3.29. The van der Waals surface area contributed by atoms with Crippen LogP contribution in [0, 0.1) is 0 Å². The maximum atomic E-state index is 12.1. The summed E-state index contributed by atoms with van der Waals surface area (Å²) in [4.78, 5) is 15.9. The molecule has 0 aliphatic rings. The fraction of sp³-hybridized carbons (Fsp3) is 0.188. The minimum atomic E-state index is -0.263. The molecule has 0 aliphatic carbocycles. The third-order valence-corrected chi connectivity index (χ3v) is 3.39. The summed E-state index contributed by atoms with van der Waals surface area (Å²) in [6.07, 6.45) is 3.64. The van der Waals surface area contributed by atoms with E-state index in [1.54, 1.807) is 19.2 Å². The minimum absolute atomic E-state index is 0.258. The van der Waals surface area contributed by atoms with Crippen molar-refractivity contribution in [3.8, 4) is 11.6 Å². The van der Waals surface area contributed by atoms with E-state index in [0.29, 0.717) is 12.4 Å². The number of methoxy groups -OCH3 is 1. The number of nitrogens with zero attached hydrogens (tertiary/aromatic N) is 5. The lowest BCUT2D eigenvalue weighted by atomic mass is 10.1. The lowest BCUT2D eigenvalue weighted by Crippen LogP contribution is -2.26. The van der Waals surface area contributed by atoms with Gasteiger partial charge < -0.3 is 10.1 Å². The molecule has 8 heteroatoms. The fourth-order valence-corrected chi connectivity index (χ4v) is 2.10. The Kier molecular flexibility index (Phi) is 4.76. The Morgan fingerprint density at radius 3 is 2.62 bits per heavy atom. The minimum Gasteiger partial charge on any atom is -0.497 e. The molecule has 0 spiro atoms. The monoisotopic (exact) mass is 324 g/mol. The van der Waals surface area contributed by atoms with Crippen LogP contribution in [0.15, 0.2) is 49.1 Å². The maximum Gasteiger partial charge on any atom is 0.271 e. The van der Waals surface area contributed by atoms with Crippen molar-refractivity contribution in [3.05, 3.63) is 60.3 Å². The van der Waals surface area contributed by atoms with Crippen LogP contribution in [0.2, 0.25) is 0 Å². The lowest BCUT2D eigenvalue weighted by Gasteiger charge is -2.06. The SMILES string of the molecule is COc1ccc(CCNC(=O)c2ccc(-n3cncn3)nn2)cc1. The van der Waals surface area contributed by atoms with Gasteiger partial charge in [0.15, 0.2) is 11.5 Å². The van der Waals surface area contributed by atoms with Crippen molar-refractivity contribution in [2.75, 3.05) is 13.7 Å². The van der Waals surface area contributed by atoms with Gasteiger partial charge in [-0.2, -0.15) is 5.10 Å². The zero-order valence-electron chi connectivity index (χ0n) is 13.1. The molecule has 24 heavy (non-hydrogen) atoms. The molecular weight excluding hydrogens is 308 g/mol. The summed E-state index contributed by atoms with van der Waals surface area (Å²) in [5, 5.41) is 14.7. The van der Waals surface area contributed by atoms with Crippen LogP contribution in [0.3, 0.4) is 0 Å². The predicted octanol–water partition coefficient (Wildman–Crippen LogP) is 1.04. The third kappa shape index (κ3) is 3.72. The second kappa shape index (κ2) is 7.32.